The quantitative estimate of drug-likeness (QED) is 0.718. The Labute approximate surface area is 79.4 Å². The van der Waals surface area contributed by atoms with Gasteiger partial charge >= 0.3 is 0 Å². The number of benzene rings is 1. The van der Waals surface area contributed by atoms with Crippen LogP contribution in [0.2, 0.25) is 0 Å². The van der Waals surface area contributed by atoms with Gasteiger partial charge in [0.2, 0.25) is 0 Å². The summed E-state index contributed by atoms with van der Waals surface area (Å²) in [6, 6.07) is 8.74. The van der Waals surface area contributed by atoms with Gasteiger partial charge in [0.05, 0.1) is 6.54 Å². The first-order valence-electron chi connectivity index (χ1n) is 5.03. The highest BCUT2D eigenvalue weighted by molar-refractivity contribution is 5.49. The van der Waals surface area contributed by atoms with E-state index in [4.69, 9.17) is 0 Å². The molecule has 1 heterocycles. The molecule has 2 nitrogen and oxygen atoms in total. The zero-order valence-electron chi connectivity index (χ0n) is 8.00. The molecule has 3 N–H and O–H groups in total. The minimum atomic E-state index is 0.891. The fourth-order valence-electron chi connectivity index (χ4n) is 1.88. The molecule has 0 radical (unpaired) electrons. The van der Waals surface area contributed by atoms with Crippen molar-refractivity contribution in [2.75, 3.05) is 18.0 Å². The summed E-state index contributed by atoms with van der Waals surface area (Å²) in [5.41, 5.74) is 6.62. The molecule has 1 aromatic carbocycles. The van der Waals surface area contributed by atoms with Crippen LogP contribution in [0.15, 0.2) is 24.3 Å². The van der Waals surface area contributed by atoms with Crippen molar-refractivity contribution in [2.24, 2.45) is 0 Å². The molecule has 1 aliphatic rings. The van der Waals surface area contributed by atoms with Crippen molar-refractivity contribution in [3.63, 3.8) is 0 Å². The van der Waals surface area contributed by atoms with Crippen LogP contribution in [0, 0.1) is 0 Å². The van der Waals surface area contributed by atoms with Crippen LogP contribution in [-0.4, -0.2) is 13.1 Å². The normalized spacial score (nSPS) is 16.5. The van der Waals surface area contributed by atoms with Crippen molar-refractivity contribution in [1.29, 1.82) is 0 Å². The third kappa shape index (κ3) is 1.83. The second kappa shape index (κ2) is 3.79. The van der Waals surface area contributed by atoms with Crippen LogP contribution in [0.5, 0.6) is 0 Å². The van der Waals surface area contributed by atoms with Gasteiger partial charge in [-0.05, 0) is 25.0 Å². The SMILES string of the molecule is [NH3+]Cc1cccc(N2CCCC2)c1. The molecule has 70 valence electrons. The van der Waals surface area contributed by atoms with E-state index < -0.39 is 0 Å². The smallest absolute Gasteiger partial charge is 0.0998 e. The van der Waals surface area contributed by atoms with Crippen molar-refractivity contribution in [1.82, 2.24) is 0 Å². The largest absolute Gasteiger partial charge is 0.372 e. The zero-order valence-corrected chi connectivity index (χ0v) is 8.00. The Morgan fingerprint density at radius 2 is 2.00 bits per heavy atom. The van der Waals surface area contributed by atoms with E-state index in [0.717, 1.165) is 6.54 Å². The van der Waals surface area contributed by atoms with Gasteiger partial charge in [-0.15, -0.1) is 0 Å². The van der Waals surface area contributed by atoms with Gasteiger partial charge in [0.25, 0.3) is 0 Å². The van der Waals surface area contributed by atoms with Crippen LogP contribution < -0.4 is 10.6 Å². The molecule has 2 heteroatoms. The van der Waals surface area contributed by atoms with Crippen molar-refractivity contribution in [3.05, 3.63) is 29.8 Å². The Bertz CT molecular complexity index is 277. The van der Waals surface area contributed by atoms with Crippen LogP contribution in [0.4, 0.5) is 5.69 Å². The fraction of sp³-hybridized carbons (Fsp3) is 0.455. The topological polar surface area (TPSA) is 30.9 Å². The predicted octanol–water partition coefficient (Wildman–Crippen LogP) is 1.03. The molecule has 1 aliphatic heterocycles. The number of nitrogens with zero attached hydrogens (tertiary/aromatic N) is 1. The van der Waals surface area contributed by atoms with Crippen LogP contribution >= 0.6 is 0 Å². The molecule has 0 aliphatic carbocycles. The van der Waals surface area contributed by atoms with Crippen LogP contribution in [0.25, 0.3) is 0 Å². The minimum absolute atomic E-state index is 0.891. The number of hydrogen-bond acceptors (Lipinski definition) is 1. The van der Waals surface area contributed by atoms with E-state index in [1.54, 1.807) is 0 Å². The highest BCUT2D eigenvalue weighted by atomic mass is 15.1. The molecule has 1 aromatic rings. The average Bonchev–Trinajstić information content (AvgIpc) is 2.71. The fourth-order valence-corrected chi connectivity index (χ4v) is 1.88. The van der Waals surface area contributed by atoms with Gasteiger partial charge in [-0.25, -0.2) is 0 Å². The van der Waals surface area contributed by atoms with Crippen molar-refractivity contribution in [2.45, 2.75) is 19.4 Å². The molecule has 0 aromatic heterocycles. The van der Waals surface area contributed by atoms with E-state index in [0.29, 0.717) is 0 Å². The molecule has 0 bridgehead atoms. The number of rotatable bonds is 2. The Balaban J connectivity index is 2.18. The molecule has 0 atom stereocenters. The molecule has 0 saturated carbocycles. The van der Waals surface area contributed by atoms with Crippen LogP contribution in [0.3, 0.4) is 0 Å². The van der Waals surface area contributed by atoms with E-state index in [1.165, 1.54) is 37.2 Å². The molecule has 0 unspecified atom stereocenters. The third-order valence-electron chi connectivity index (χ3n) is 2.67. The Morgan fingerprint density at radius 1 is 1.23 bits per heavy atom. The van der Waals surface area contributed by atoms with Gasteiger partial charge in [-0.1, -0.05) is 12.1 Å². The van der Waals surface area contributed by atoms with Crippen molar-refractivity contribution >= 4 is 5.69 Å². The van der Waals surface area contributed by atoms with E-state index in [9.17, 15) is 0 Å². The highest BCUT2D eigenvalue weighted by Gasteiger charge is 2.11. The maximum Gasteiger partial charge on any atom is 0.0998 e. The summed E-state index contributed by atoms with van der Waals surface area (Å²) in [4.78, 5) is 2.46. The Kier molecular flexibility index (Phi) is 2.50. The number of anilines is 1. The summed E-state index contributed by atoms with van der Waals surface area (Å²) in [5, 5.41) is 0. The maximum atomic E-state index is 3.91. The van der Waals surface area contributed by atoms with Crippen LogP contribution in [0.1, 0.15) is 18.4 Å². The van der Waals surface area contributed by atoms with Gasteiger partial charge < -0.3 is 10.6 Å². The van der Waals surface area contributed by atoms with Gasteiger partial charge in [0.15, 0.2) is 0 Å². The summed E-state index contributed by atoms with van der Waals surface area (Å²) in [5.74, 6) is 0. The van der Waals surface area contributed by atoms with Crippen molar-refractivity contribution in [3.8, 4) is 0 Å². The number of hydrogen-bond donors (Lipinski definition) is 1. The summed E-state index contributed by atoms with van der Waals surface area (Å²) < 4.78 is 0. The average molecular weight is 177 g/mol. The monoisotopic (exact) mass is 177 g/mol. The van der Waals surface area contributed by atoms with Gasteiger partial charge in [-0.3, -0.25) is 0 Å². The molecule has 13 heavy (non-hydrogen) atoms. The summed E-state index contributed by atoms with van der Waals surface area (Å²) >= 11 is 0. The Morgan fingerprint density at radius 3 is 2.69 bits per heavy atom. The molecule has 0 spiro atoms. The first kappa shape index (κ1) is 8.57. The lowest BCUT2D eigenvalue weighted by atomic mass is 10.2. The third-order valence-corrected chi connectivity index (χ3v) is 2.67. The molecule has 0 amide bonds. The summed E-state index contributed by atoms with van der Waals surface area (Å²) in [7, 11) is 0. The second-order valence-corrected chi connectivity index (χ2v) is 3.61. The van der Waals surface area contributed by atoms with Crippen molar-refractivity contribution < 1.29 is 5.73 Å². The zero-order chi connectivity index (χ0) is 9.10. The van der Waals surface area contributed by atoms with Crippen LogP contribution in [-0.2, 0) is 6.54 Å². The minimum Gasteiger partial charge on any atom is -0.372 e. The molecular weight excluding hydrogens is 160 g/mol. The summed E-state index contributed by atoms with van der Waals surface area (Å²) in [6.45, 7) is 3.34. The van der Waals surface area contributed by atoms with E-state index in [1.807, 2.05) is 0 Å². The Hall–Kier alpha value is -1.02. The van der Waals surface area contributed by atoms with E-state index >= 15 is 0 Å². The van der Waals surface area contributed by atoms with Gasteiger partial charge in [0, 0.05) is 24.3 Å². The highest BCUT2D eigenvalue weighted by Crippen LogP contribution is 2.20. The predicted molar refractivity (Wildman–Crippen MR) is 54.5 cm³/mol. The first-order chi connectivity index (χ1) is 6.40. The van der Waals surface area contributed by atoms with Gasteiger partial charge in [-0.2, -0.15) is 0 Å². The van der Waals surface area contributed by atoms with Gasteiger partial charge in [0.1, 0.15) is 0 Å². The molecular formula is C11H17N2+. The first-order valence-corrected chi connectivity index (χ1v) is 5.03. The lowest BCUT2D eigenvalue weighted by Crippen LogP contribution is -2.47. The maximum absolute atomic E-state index is 3.91. The van der Waals surface area contributed by atoms with E-state index in [-0.39, 0.29) is 0 Å². The van der Waals surface area contributed by atoms with E-state index in [2.05, 4.69) is 34.9 Å². The lowest BCUT2D eigenvalue weighted by molar-refractivity contribution is -0.386. The molecule has 1 fully saturated rings. The molecule has 2 rings (SSSR count). The standard InChI is InChI=1S/C11H16N2/c12-9-10-4-3-5-11(8-10)13-6-1-2-7-13/h3-5,8H,1-2,6-7,9,12H2/p+1. The number of quaternary nitrogens is 1. The summed E-state index contributed by atoms with van der Waals surface area (Å²) in [6.07, 6.45) is 2.68. The second-order valence-electron chi connectivity index (χ2n) is 3.61. The molecule has 1 saturated heterocycles. The lowest BCUT2D eigenvalue weighted by Gasteiger charge is -2.17.